The molecule has 1 aromatic heterocycles. The van der Waals surface area contributed by atoms with E-state index in [1.165, 1.54) is 12.1 Å². The van der Waals surface area contributed by atoms with E-state index < -0.39 is 11.7 Å². The van der Waals surface area contributed by atoms with Gasteiger partial charge in [0, 0.05) is 36.7 Å². The Kier molecular flexibility index (Phi) is 3.40. The molecule has 0 saturated heterocycles. The van der Waals surface area contributed by atoms with Crippen molar-refractivity contribution >= 4 is 5.91 Å². The second-order valence-corrected chi connectivity index (χ2v) is 6.42. The quantitative estimate of drug-likeness (QED) is 0.917. The van der Waals surface area contributed by atoms with Gasteiger partial charge in [-0.3, -0.25) is 9.89 Å². The molecule has 2 aromatic rings. The van der Waals surface area contributed by atoms with Gasteiger partial charge in [-0.1, -0.05) is 18.2 Å². The summed E-state index contributed by atoms with van der Waals surface area (Å²) in [6, 6.07) is 5.57. The molecule has 7 heteroatoms. The first-order valence-corrected chi connectivity index (χ1v) is 7.91. The number of aromatic amines is 1. The molecule has 0 bridgehead atoms. The lowest BCUT2D eigenvalue weighted by Gasteiger charge is -2.27. The van der Waals surface area contributed by atoms with Crippen molar-refractivity contribution in [1.29, 1.82) is 0 Å². The van der Waals surface area contributed by atoms with Gasteiger partial charge in [0.1, 0.15) is 0 Å². The van der Waals surface area contributed by atoms with Crippen LogP contribution in [0.25, 0.3) is 0 Å². The van der Waals surface area contributed by atoms with Crippen molar-refractivity contribution in [3.05, 3.63) is 52.8 Å². The normalized spacial score (nSPS) is 23.0. The van der Waals surface area contributed by atoms with Gasteiger partial charge in [-0.15, -0.1) is 0 Å². The number of nitrogens with one attached hydrogen (secondary N) is 1. The lowest BCUT2D eigenvalue weighted by molar-refractivity contribution is -0.138. The minimum absolute atomic E-state index is 0.0520. The van der Waals surface area contributed by atoms with Crippen LogP contribution in [0.3, 0.4) is 0 Å². The number of amides is 1. The van der Waals surface area contributed by atoms with Crippen LogP contribution in [0.2, 0.25) is 0 Å². The summed E-state index contributed by atoms with van der Waals surface area (Å²) in [4.78, 5) is 14.4. The maximum absolute atomic E-state index is 13.1. The predicted octanol–water partition coefficient (Wildman–Crippen LogP) is 3.12. The summed E-state index contributed by atoms with van der Waals surface area (Å²) in [7, 11) is 0. The number of benzene rings is 1. The van der Waals surface area contributed by atoms with E-state index in [9.17, 15) is 18.0 Å². The van der Waals surface area contributed by atoms with Crippen LogP contribution in [0.5, 0.6) is 0 Å². The third kappa shape index (κ3) is 2.57. The van der Waals surface area contributed by atoms with E-state index in [4.69, 9.17) is 0 Å². The first kappa shape index (κ1) is 15.2. The Morgan fingerprint density at radius 2 is 2.08 bits per heavy atom. The van der Waals surface area contributed by atoms with Crippen LogP contribution in [0.15, 0.2) is 30.5 Å². The van der Waals surface area contributed by atoms with E-state index in [1.54, 1.807) is 17.2 Å². The van der Waals surface area contributed by atoms with E-state index in [2.05, 4.69) is 10.2 Å². The van der Waals surface area contributed by atoms with Gasteiger partial charge in [-0.25, -0.2) is 0 Å². The number of carbonyl (C=O) groups is 1. The molecule has 1 aromatic carbocycles. The Morgan fingerprint density at radius 1 is 1.29 bits per heavy atom. The molecule has 4 rings (SSSR count). The van der Waals surface area contributed by atoms with Crippen molar-refractivity contribution in [1.82, 2.24) is 15.1 Å². The van der Waals surface area contributed by atoms with Gasteiger partial charge in [0.25, 0.3) is 0 Å². The third-order valence-corrected chi connectivity index (χ3v) is 4.89. The number of hydrogen-bond acceptors (Lipinski definition) is 2. The molecule has 1 aliphatic carbocycles. The molecule has 1 N–H and O–H groups in total. The first-order chi connectivity index (χ1) is 11.4. The van der Waals surface area contributed by atoms with Crippen LogP contribution in [-0.4, -0.2) is 27.5 Å². The summed E-state index contributed by atoms with van der Waals surface area (Å²) in [6.45, 7) is 1.06. The summed E-state index contributed by atoms with van der Waals surface area (Å²) < 4.78 is 39.4. The van der Waals surface area contributed by atoms with Gasteiger partial charge in [-0.05, 0) is 24.0 Å². The second kappa shape index (κ2) is 5.36. The standard InChI is InChI=1S/C17H16F3N3O/c18-17(19,20)14-4-2-1-3-11(14)12-7-13(12)16(24)23-6-5-15-10(9-23)8-21-22-15/h1-4,8,12-13H,5-7,9H2,(H,21,22). The van der Waals surface area contributed by atoms with Crippen molar-refractivity contribution in [3.8, 4) is 0 Å². The van der Waals surface area contributed by atoms with Gasteiger partial charge in [0.15, 0.2) is 0 Å². The van der Waals surface area contributed by atoms with E-state index in [0.29, 0.717) is 25.9 Å². The van der Waals surface area contributed by atoms with Crippen molar-refractivity contribution < 1.29 is 18.0 Å². The Labute approximate surface area is 136 Å². The Hall–Kier alpha value is -2.31. The van der Waals surface area contributed by atoms with Gasteiger partial charge in [-0.2, -0.15) is 18.3 Å². The summed E-state index contributed by atoms with van der Waals surface area (Å²) in [5.74, 6) is -0.730. The monoisotopic (exact) mass is 335 g/mol. The van der Waals surface area contributed by atoms with E-state index in [1.807, 2.05) is 0 Å². The molecule has 1 aliphatic heterocycles. The summed E-state index contributed by atoms with van der Waals surface area (Å²) in [5.41, 5.74) is 1.64. The van der Waals surface area contributed by atoms with E-state index >= 15 is 0 Å². The largest absolute Gasteiger partial charge is 0.416 e. The number of alkyl halides is 3. The van der Waals surface area contributed by atoms with Crippen LogP contribution in [0.1, 0.15) is 34.7 Å². The third-order valence-electron chi connectivity index (χ3n) is 4.89. The molecular formula is C17H16F3N3O. The smallest absolute Gasteiger partial charge is 0.338 e. The van der Waals surface area contributed by atoms with Gasteiger partial charge in [0.05, 0.1) is 11.8 Å². The Balaban J connectivity index is 1.50. The molecule has 2 aliphatic rings. The van der Waals surface area contributed by atoms with Crippen LogP contribution in [-0.2, 0) is 23.9 Å². The molecule has 24 heavy (non-hydrogen) atoms. The lowest BCUT2D eigenvalue weighted by Crippen LogP contribution is -2.37. The highest BCUT2D eigenvalue weighted by Crippen LogP contribution is 2.52. The Morgan fingerprint density at radius 3 is 2.88 bits per heavy atom. The fraction of sp³-hybridized carbons (Fsp3) is 0.412. The number of nitrogens with zero attached hydrogens (tertiary/aromatic N) is 2. The van der Waals surface area contributed by atoms with Gasteiger partial charge >= 0.3 is 6.18 Å². The second-order valence-electron chi connectivity index (χ2n) is 6.42. The molecule has 126 valence electrons. The fourth-order valence-corrected chi connectivity index (χ4v) is 3.53. The highest BCUT2D eigenvalue weighted by molar-refractivity contribution is 5.83. The molecule has 1 saturated carbocycles. The summed E-state index contributed by atoms with van der Waals surface area (Å²) in [5, 5.41) is 6.88. The number of carbonyl (C=O) groups excluding carboxylic acids is 1. The van der Waals surface area contributed by atoms with Crippen molar-refractivity contribution in [2.75, 3.05) is 6.54 Å². The average molecular weight is 335 g/mol. The van der Waals surface area contributed by atoms with E-state index in [-0.39, 0.29) is 23.3 Å². The van der Waals surface area contributed by atoms with Crippen molar-refractivity contribution in [2.24, 2.45) is 5.92 Å². The van der Waals surface area contributed by atoms with Crippen LogP contribution in [0, 0.1) is 5.92 Å². The van der Waals surface area contributed by atoms with Crippen LogP contribution < -0.4 is 0 Å². The highest BCUT2D eigenvalue weighted by atomic mass is 19.4. The fourth-order valence-electron chi connectivity index (χ4n) is 3.53. The number of aromatic nitrogens is 2. The van der Waals surface area contributed by atoms with E-state index in [0.717, 1.165) is 17.3 Å². The summed E-state index contributed by atoms with van der Waals surface area (Å²) >= 11 is 0. The number of hydrogen-bond donors (Lipinski definition) is 1. The van der Waals surface area contributed by atoms with Crippen molar-refractivity contribution in [2.45, 2.75) is 31.5 Å². The maximum atomic E-state index is 13.1. The zero-order valence-electron chi connectivity index (χ0n) is 12.8. The zero-order valence-corrected chi connectivity index (χ0v) is 12.8. The lowest BCUT2D eigenvalue weighted by atomic mass is 10.0. The molecule has 2 unspecified atom stereocenters. The number of halogens is 3. The molecule has 0 spiro atoms. The van der Waals surface area contributed by atoms with Gasteiger partial charge < -0.3 is 4.90 Å². The first-order valence-electron chi connectivity index (χ1n) is 7.91. The SMILES string of the molecule is O=C(C1CC1c1ccccc1C(F)(F)F)N1CCc2[nH]ncc2C1. The molecule has 4 nitrogen and oxygen atoms in total. The molecule has 2 heterocycles. The highest BCUT2D eigenvalue weighted by Gasteiger charge is 2.49. The average Bonchev–Trinajstić information content (AvgIpc) is 3.22. The minimum atomic E-state index is -4.39. The van der Waals surface area contributed by atoms with Gasteiger partial charge in [0.2, 0.25) is 5.91 Å². The molecule has 0 radical (unpaired) electrons. The number of fused-ring (bicyclic) bond motifs is 1. The topological polar surface area (TPSA) is 49.0 Å². The predicted molar refractivity (Wildman–Crippen MR) is 80.0 cm³/mol. The Bertz CT molecular complexity index is 783. The maximum Gasteiger partial charge on any atom is 0.416 e. The van der Waals surface area contributed by atoms with Crippen molar-refractivity contribution in [3.63, 3.8) is 0 Å². The molecule has 2 atom stereocenters. The van der Waals surface area contributed by atoms with Crippen LogP contribution in [0.4, 0.5) is 13.2 Å². The molecular weight excluding hydrogens is 319 g/mol. The molecule has 1 amide bonds. The van der Waals surface area contributed by atoms with Crippen LogP contribution >= 0.6 is 0 Å². The minimum Gasteiger partial charge on any atom is -0.338 e. The molecule has 1 fully saturated rings. The number of rotatable bonds is 2. The number of H-pyrrole nitrogens is 1. The summed E-state index contributed by atoms with van der Waals surface area (Å²) in [6.07, 6.45) is -1.49. The zero-order chi connectivity index (χ0) is 16.9.